The molecule has 0 aliphatic heterocycles. The number of rotatable bonds is 6. The molecule has 114 valence electrons. The predicted octanol–water partition coefficient (Wildman–Crippen LogP) is -0.169. The van der Waals surface area contributed by atoms with E-state index < -0.39 is 29.6 Å². The fourth-order valence-electron chi connectivity index (χ4n) is 1.70. The second-order valence-electron chi connectivity index (χ2n) is 4.20. The van der Waals surface area contributed by atoms with Gasteiger partial charge in [0, 0.05) is 12.6 Å². The Kier molecular flexibility index (Phi) is 5.65. The lowest BCUT2D eigenvalue weighted by molar-refractivity contribution is -0.136. The summed E-state index contributed by atoms with van der Waals surface area (Å²) in [6, 6.07) is 0. The summed E-state index contributed by atoms with van der Waals surface area (Å²) in [5.41, 5.74) is 3.76. The zero-order chi connectivity index (χ0) is 16.0. The van der Waals surface area contributed by atoms with E-state index in [4.69, 9.17) is 5.73 Å². The van der Waals surface area contributed by atoms with Gasteiger partial charge in [0.2, 0.25) is 5.78 Å². The van der Waals surface area contributed by atoms with Gasteiger partial charge in [-0.15, -0.1) is 0 Å². The van der Waals surface area contributed by atoms with Crippen molar-refractivity contribution in [2.75, 3.05) is 12.3 Å². The molecule has 0 saturated carbocycles. The molecule has 0 spiro atoms. The number of carbonyl (C=O) groups excluding carboxylic acids is 2. The van der Waals surface area contributed by atoms with E-state index in [1.54, 1.807) is 6.92 Å². The number of hydrogen-bond acceptors (Lipinski definition) is 6. The highest BCUT2D eigenvalue weighted by atomic mass is 16.5. The number of allylic oxidation sites excluding steroid dienone is 1. The third-order valence-electron chi connectivity index (χ3n) is 2.61. The van der Waals surface area contributed by atoms with Gasteiger partial charge < -0.3 is 10.5 Å². The highest BCUT2D eigenvalue weighted by Crippen LogP contribution is 2.06. The highest BCUT2D eigenvalue weighted by Gasteiger charge is 2.20. The largest absolute Gasteiger partial charge is 0.454 e. The Morgan fingerprint density at radius 1 is 1.38 bits per heavy atom. The first kappa shape index (κ1) is 16.4. The fraction of sp³-hybridized carbons (Fsp3) is 0.385. The first-order chi connectivity index (χ1) is 9.92. The lowest BCUT2D eigenvalue weighted by atomic mass is 10.2. The van der Waals surface area contributed by atoms with Gasteiger partial charge in [0.1, 0.15) is 11.4 Å². The van der Waals surface area contributed by atoms with Gasteiger partial charge in [-0.2, -0.15) is 0 Å². The van der Waals surface area contributed by atoms with Crippen LogP contribution in [-0.2, 0) is 16.1 Å². The number of ketones is 1. The molecule has 0 fully saturated rings. The molecule has 21 heavy (non-hydrogen) atoms. The molecule has 0 aliphatic carbocycles. The molecule has 0 amide bonds. The number of aromatic nitrogens is 2. The van der Waals surface area contributed by atoms with Crippen LogP contribution in [0.2, 0.25) is 0 Å². The van der Waals surface area contributed by atoms with Crippen molar-refractivity contribution in [3.05, 3.63) is 38.6 Å². The smallest absolute Gasteiger partial charge is 0.330 e. The molecular formula is C13H17N3O5. The minimum atomic E-state index is -0.892. The topological polar surface area (TPSA) is 124 Å². The van der Waals surface area contributed by atoms with E-state index in [1.165, 1.54) is 6.08 Å². The summed E-state index contributed by atoms with van der Waals surface area (Å²) in [6.07, 6.45) is 3.19. The van der Waals surface area contributed by atoms with Crippen molar-refractivity contribution in [1.82, 2.24) is 9.55 Å². The van der Waals surface area contributed by atoms with E-state index in [0.717, 1.165) is 10.6 Å². The Morgan fingerprint density at radius 2 is 2.05 bits per heavy atom. The number of nitrogens with two attached hydrogens (primary N) is 1. The molecule has 0 aliphatic rings. The molecule has 1 heterocycles. The number of aromatic amines is 1. The van der Waals surface area contributed by atoms with E-state index in [0.29, 0.717) is 6.42 Å². The number of H-pyrrole nitrogens is 1. The molecule has 0 aromatic carbocycles. The second kappa shape index (κ2) is 7.22. The summed E-state index contributed by atoms with van der Waals surface area (Å²) in [7, 11) is 0. The number of esters is 1. The van der Waals surface area contributed by atoms with Crippen LogP contribution in [0.5, 0.6) is 0 Å². The molecule has 0 bridgehead atoms. The first-order valence-electron chi connectivity index (χ1n) is 6.37. The number of nitrogen functional groups attached to an aromatic ring is 1. The van der Waals surface area contributed by atoms with E-state index >= 15 is 0 Å². The van der Waals surface area contributed by atoms with Crippen LogP contribution in [0.1, 0.15) is 30.6 Å². The molecule has 0 saturated heterocycles. The van der Waals surface area contributed by atoms with Crippen LogP contribution in [0.3, 0.4) is 0 Å². The second-order valence-corrected chi connectivity index (χ2v) is 4.20. The lowest BCUT2D eigenvalue weighted by Crippen LogP contribution is -2.37. The van der Waals surface area contributed by atoms with Crippen molar-refractivity contribution in [1.29, 1.82) is 0 Å². The molecule has 3 N–H and O–H groups in total. The summed E-state index contributed by atoms with van der Waals surface area (Å²) >= 11 is 0. The predicted molar refractivity (Wildman–Crippen MR) is 76.1 cm³/mol. The van der Waals surface area contributed by atoms with Crippen LogP contribution in [0.25, 0.3) is 0 Å². The summed E-state index contributed by atoms with van der Waals surface area (Å²) in [5.74, 6) is -1.70. The van der Waals surface area contributed by atoms with E-state index in [1.807, 2.05) is 11.9 Å². The molecule has 0 radical (unpaired) electrons. The molecule has 1 rings (SSSR count). The monoisotopic (exact) mass is 295 g/mol. The van der Waals surface area contributed by atoms with Gasteiger partial charge in [-0.3, -0.25) is 19.1 Å². The number of carbonyl (C=O) groups is 2. The van der Waals surface area contributed by atoms with Gasteiger partial charge in [-0.05, 0) is 13.3 Å². The Morgan fingerprint density at radius 3 is 2.62 bits per heavy atom. The van der Waals surface area contributed by atoms with Gasteiger partial charge in [0.25, 0.3) is 5.56 Å². The number of nitrogens with one attached hydrogen (secondary N) is 1. The van der Waals surface area contributed by atoms with Gasteiger partial charge in [0.05, 0.1) is 0 Å². The number of nitrogens with zero attached hydrogens (tertiary/aromatic N) is 1. The number of hydrogen-bond donors (Lipinski definition) is 2. The summed E-state index contributed by atoms with van der Waals surface area (Å²) in [5, 5.41) is 0. The van der Waals surface area contributed by atoms with E-state index in [9.17, 15) is 19.2 Å². The molecule has 0 atom stereocenters. The van der Waals surface area contributed by atoms with Crippen molar-refractivity contribution in [3.8, 4) is 0 Å². The van der Waals surface area contributed by atoms with Crippen LogP contribution >= 0.6 is 0 Å². The number of anilines is 1. The maximum absolute atomic E-state index is 11.9. The lowest BCUT2D eigenvalue weighted by Gasteiger charge is -2.10. The standard InChI is InChI=1S/C13H17N3O5/c1-3-5-9(18)21-7-8(17)10-11(14)16(6-4-2)13(20)15-12(10)19/h3,5H,4,6-7,14H2,1-2H3,(H,15,19,20)/b5-3+. The maximum atomic E-state index is 11.9. The minimum Gasteiger partial charge on any atom is -0.454 e. The van der Waals surface area contributed by atoms with Crippen LogP contribution in [-0.4, -0.2) is 27.9 Å². The normalized spacial score (nSPS) is 10.8. The zero-order valence-electron chi connectivity index (χ0n) is 11.8. The van der Waals surface area contributed by atoms with Crippen LogP contribution in [0.4, 0.5) is 5.82 Å². The van der Waals surface area contributed by atoms with Gasteiger partial charge >= 0.3 is 11.7 Å². The van der Waals surface area contributed by atoms with Crippen molar-refractivity contribution in [2.45, 2.75) is 26.8 Å². The van der Waals surface area contributed by atoms with Crippen LogP contribution in [0.15, 0.2) is 21.7 Å². The molecule has 1 aromatic heterocycles. The van der Waals surface area contributed by atoms with E-state index in [-0.39, 0.29) is 17.9 Å². The number of Topliss-reactive ketones (excluding diaryl/α,β-unsaturated/α-hetero) is 1. The average molecular weight is 295 g/mol. The SMILES string of the molecule is C/C=C/C(=O)OCC(=O)c1c(N)n(CCC)c(=O)[nH]c1=O. The Balaban J connectivity index is 3.10. The summed E-state index contributed by atoms with van der Waals surface area (Å²) in [6.45, 7) is 3.07. The first-order valence-corrected chi connectivity index (χ1v) is 6.37. The highest BCUT2D eigenvalue weighted by molar-refractivity contribution is 6.01. The van der Waals surface area contributed by atoms with Crippen molar-refractivity contribution in [3.63, 3.8) is 0 Å². The minimum absolute atomic E-state index is 0.224. The van der Waals surface area contributed by atoms with E-state index in [2.05, 4.69) is 4.74 Å². The van der Waals surface area contributed by atoms with Crippen LogP contribution < -0.4 is 17.0 Å². The van der Waals surface area contributed by atoms with Gasteiger partial charge in [0.15, 0.2) is 6.61 Å². The van der Waals surface area contributed by atoms with Gasteiger partial charge in [-0.25, -0.2) is 9.59 Å². The molecule has 0 unspecified atom stereocenters. The Labute approximate surface area is 120 Å². The maximum Gasteiger partial charge on any atom is 0.330 e. The fourth-order valence-corrected chi connectivity index (χ4v) is 1.70. The van der Waals surface area contributed by atoms with Crippen molar-refractivity contribution < 1.29 is 14.3 Å². The van der Waals surface area contributed by atoms with Crippen molar-refractivity contribution in [2.24, 2.45) is 0 Å². The molecule has 1 aromatic rings. The summed E-state index contributed by atoms with van der Waals surface area (Å²) in [4.78, 5) is 48.4. The van der Waals surface area contributed by atoms with Crippen LogP contribution in [0, 0.1) is 0 Å². The molecule has 8 heteroatoms. The average Bonchev–Trinajstić information content (AvgIpc) is 2.41. The van der Waals surface area contributed by atoms with Gasteiger partial charge in [-0.1, -0.05) is 13.0 Å². The number of ether oxygens (including phenoxy) is 1. The Hall–Kier alpha value is -2.64. The summed E-state index contributed by atoms with van der Waals surface area (Å²) < 4.78 is 5.77. The van der Waals surface area contributed by atoms with Crippen molar-refractivity contribution >= 4 is 17.6 Å². The Bertz CT molecular complexity index is 684. The zero-order valence-corrected chi connectivity index (χ0v) is 11.8. The molecule has 8 nitrogen and oxygen atoms in total. The third-order valence-corrected chi connectivity index (χ3v) is 2.61. The third kappa shape index (κ3) is 3.91. The quantitative estimate of drug-likeness (QED) is 0.426. The molecular weight excluding hydrogens is 278 g/mol.